The molecule has 1 saturated carbocycles. The Balaban J connectivity index is 1.62. The molecule has 3 N–H and O–H groups in total. The Kier molecular flexibility index (Phi) is 6.44. The van der Waals surface area contributed by atoms with Gasteiger partial charge in [0, 0.05) is 25.2 Å². The monoisotopic (exact) mass is 384 g/mol. The fourth-order valence-corrected chi connectivity index (χ4v) is 2.74. The van der Waals surface area contributed by atoms with Crippen molar-refractivity contribution in [1.82, 2.24) is 20.9 Å². The first-order chi connectivity index (χ1) is 13.5. The van der Waals surface area contributed by atoms with E-state index < -0.39 is 11.9 Å². The molecular weight excluding hydrogens is 360 g/mol. The number of amides is 4. The normalized spacial score (nSPS) is 13.2. The van der Waals surface area contributed by atoms with Gasteiger partial charge in [0.15, 0.2) is 0 Å². The maximum absolute atomic E-state index is 12.1. The summed E-state index contributed by atoms with van der Waals surface area (Å²) in [5.74, 6) is 0.242. The zero-order valence-corrected chi connectivity index (χ0v) is 15.7. The van der Waals surface area contributed by atoms with Crippen molar-refractivity contribution in [1.29, 1.82) is 0 Å². The fraction of sp³-hybridized carbons (Fsp3) is 0.350. The highest BCUT2D eigenvalue weighted by Crippen LogP contribution is 2.19. The van der Waals surface area contributed by atoms with Gasteiger partial charge in [-0.15, -0.1) is 0 Å². The van der Waals surface area contributed by atoms with Gasteiger partial charge in [-0.3, -0.25) is 19.8 Å². The third-order valence-corrected chi connectivity index (χ3v) is 4.34. The van der Waals surface area contributed by atoms with Crippen molar-refractivity contribution in [3.8, 4) is 0 Å². The summed E-state index contributed by atoms with van der Waals surface area (Å²) in [6, 6.07) is 10.7. The molecule has 0 radical (unpaired) electrons. The standard InChI is InChI=1S/C20H24N4O4/c1-21-20(27)23-18(25)13-24(12-17-3-2-10-28-17)11-14-4-6-15(7-5-14)19(26)22-16-8-9-16/h2-7,10,16H,8-9,11-13H2,1H3,(H,22,26)(H2,21,23,25,27). The summed E-state index contributed by atoms with van der Waals surface area (Å²) in [5, 5.41) is 7.57. The van der Waals surface area contributed by atoms with Crippen molar-refractivity contribution in [3.05, 3.63) is 59.5 Å². The minimum absolute atomic E-state index is 0.0258. The highest BCUT2D eigenvalue weighted by molar-refractivity contribution is 5.95. The zero-order valence-electron chi connectivity index (χ0n) is 15.7. The molecule has 28 heavy (non-hydrogen) atoms. The highest BCUT2D eigenvalue weighted by Gasteiger charge is 2.23. The molecule has 0 unspecified atom stereocenters. The summed E-state index contributed by atoms with van der Waals surface area (Å²) in [5.41, 5.74) is 1.56. The van der Waals surface area contributed by atoms with Crippen LogP contribution in [0.1, 0.15) is 34.5 Å². The molecule has 1 aromatic carbocycles. The van der Waals surface area contributed by atoms with Gasteiger partial charge in [-0.25, -0.2) is 4.79 Å². The van der Waals surface area contributed by atoms with E-state index in [-0.39, 0.29) is 12.5 Å². The van der Waals surface area contributed by atoms with E-state index in [1.54, 1.807) is 24.5 Å². The van der Waals surface area contributed by atoms with E-state index >= 15 is 0 Å². The number of nitrogens with one attached hydrogen (secondary N) is 3. The number of hydrogen-bond donors (Lipinski definition) is 3. The number of urea groups is 1. The van der Waals surface area contributed by atoms with E-state index in [0.29, 0.717) is 30.5 Å². The Morgan fingerprint density at radius 2 is 1.86 bits per heavy atom. The molecule has 1 aliphatic carbocycles. The van der Waals surface area contributed by atoms with Crippen molar-refractivity contribution in [2.45, 2.75) is 32.0 Å². The number of furan rings is 1. The summed E-state index contributed by atoms with van der Waals surface area (Å²) in [4.78, 5) is 37.4. The van der Waals surface area contributed by atoms with Crippen molar-refractivity contribution in [2.75, 3.05) is 13.6 Å². The molecule has 0 bridgehead atoms. The number of benzene rings is 1. The van der Waals surface area contributed by atoms with Crippen LogP contribution in [0.3, 0.4) is 0 Å². The molecule has 0 atom stereocenters. The molecule has 1 aliphatic rings. The Bertz CT molecular complexity index is 813. The van der Waals surface area contributed by atoms with Crippen LogP contribution < -0.4 is 16.0 Å². The quantitative estimate of drug-likeness (QED) is 0.642. The van der Waals surface area contributed by atoms with E-state index in [2.05, 4.69) is 16.0 Å². The molecule has 0 saturated heterocycles. The lowest BCUT2D eigenvalue weighted by molar-refractivity contribution is -0.121. The van der Waals surface area contributed by atoms with Crippen LogP contribution >= 0.6 is 0 Å². The van der Waals surface area contributed by atoms with Gasteiger partial charge >= 0.3 is 6.03 Å². The molecule has 4 amide bonds. The summed E-state index contributed by atoms with van der Waals surface area (Å²) in [7, 11) is 1.45. The molecule has 3 rings (SSSR count). The fourth-order valence-electron chi connectivity index (χ4n) is 2.74. The Labute approximate surface area is 163 Å². The second-order valence-corrected chi connectivity index (χ2v) is 6.80. The SMILES string of the molecule is CNC(=O)NC(=O)CN(Cc1ccc(C(=O)NC2CC2)cc1)Cc1ccco1. The van der Waals surface area contributed by atoms with E-state index in [4.69, 9.17) is 4.42 Å². The minimum Gasteiger partial charge on any atom is -0.468 e. The van der Waals surface area contributed by atoms with Gasteiger partial charge in [0.25, 0.3) is 5.91 Å². The number of rotatable bonds is 8. The first-order valence-electron chi connectivity index (χ1n) is 9.19. The summed E-state index contributed by atoms with van der Waals surface area (Å²) < 4.78 is 5.37. The van der Waals surface area contributed by atoms with Crippen LogP contribution in [0.15, 0.2) is 47.1 Å². The van der Waals surface area contributed by atoms with Gasteiger partial charge in [-0.2, -0.15) is 0 Å². The number of nitrogens with zero attached hydrogens (tertiary/aromatic N) is 1. The highest BCUT2D eigenvalue weighted by atomic mass is 16.3. The average molecular weight is 384 g/mol. The van der Waals surface area contributed by atoms with Gasteiger partial charge in [0.1, 0.15) is 5.76 Å². The third-order valence-electron chi connectivity index (χ3n) is 4.34. The van der Waals surface area contributed by atoms with Gasteiger partial charge in [-0.1, -0.05) is 12.1 Å². The van der Waals surface area contributed by atoms with Crippen LogP contribution in [0.25, 0.3) is 0 Å². The summed E-state index contributed by atoms with van der Waals surface area (Å²) in [6.45, 7) is 0.905. The van der Waals surface area contributed by atoms with Gasteiger partial charge < -0.3 is 15.1 Å². The van der Waals surface area contributed by atoms with E-state index in [1.807, 2.05) is 23.1 Å². The number of hydrogen-bond acceptors (Lipinski definition) is 5. The van der Waals surface area contributed by atoms with Crippen LogP contribution in [0.4, 0.5) is 4.79 Å². The molecule has 1 fully saturated rings. The topological polar surface area (TPSA) is 104 Å². The van der Waals surface area contributed by atoms with Crippen LogP contribution in [0, 0.1) is 0 Å². The summed E-state index contributed by atoms with van der Waals surface area (Å²) in [6.07, 6.45) is 3.67. The maximum atomic E-state index is 12.1. The molecule has 1 aromatic heterocycles. The molecule has 8 heteroatoms. The van der Waals surface area contributed by atoms with Crippen LogP contribution in [-0.2, 0) is 17.9 Å². The number of carbonyl (C=O) groups is 3. The molecular formula is C20H24N4O4. The summed E-state index contributed by atoms with van der Waals surface area (Å²) >= 11 is 0. The van der Waals surface area contributed by atoms with Crippen molar-refractivity contribution >= 4 is 17.8 Å². The molecule has 0 spiro atoms. The molecule has 0 aliphatic heterocycles. The van der Waals surface area contributed by atoms with E-state index in [0.717, 1.165) is 18.4 Å². The lowest BCUT2D eigenvalue weighted by Crippen LogP contribution is -2.43. The lowest BCUT2D eigenvalue weighted by atomic mass is 10.1. The molecule has 2 aromatic rings. The van der Waals surface area contributed by atoms with Crippen molar-refractivity contribution < 1.29 is 18.8 Å². The maximum Gasteiger partial charge on any atom is 0.321 e. The predicted molar refractivity (Wildman–Crippen MR) is 102 cm³/mol. The second kappa shape index (κ2) is 9.18. The molecule has 148 valence electrons. The van der Waals surface area contributed by atoms with Crippen LogP contribution in [-0.4, -0.2) is 42.4 Å². The Morgan fingerprint density at radius 3 is 2.46 bits per heavy atom. The van der Waals surface area contributed by atoms with Gasteiger partial charge in [-0.05, 0) is 42.7 Å². The molecule has 1 heterocycles. The van der Waals surface area contributed by atoms with Crippen LogP contribution in [0.2, 0.25) is 0 Å². The zero-order chi connectivity index (χ0) is 19.9. The first kappa shape index (κ1) is 19.6. The minimum atomic E-state index is -0.547. The Morgan fingerprint density at radius 1 is 1.11 bits per heavy atom. The van der Waals surface area contributed by atoms with Crippen LogP contribution in [0.5, 0.6) is 0 Å². The second-order valence-electron chi connectivity index (χ2n) is 6.80. The third kappa shape index (κ3) is 5.95. The predicted octanol–water partition coefficient (Wildman–Crippen LogP) is 1.63. The van der Waals surface area contributed by atoms with Gasteiger partial charge in [0.2, 0.25) is 5.91 Å². The Hall–Kier alpha value is -3.13. The van der Waals surface area contributed by atoms with Gasteiger partial charge in [0.05, 0.1) is 19.4 Å². The van der Waals surface area contributed by atoms with E-state index in [9.17, 15) is 14.4 Å². The first-order valence-corrected chi connectivity index (χ1v) is 9.19. The largest absolute Gasteiger partial charge is 0.468 e. The average Bonchev–Trinajstić information content (AvgIpc) is 3.34. The molecule has 8 nitrogen and oxygen atoms in total. The van der Waals surface area contributed by atoms with Crippen molar-refractivity contribution in [3.63, 3.8) is 0 Å². The van der Waals surface area contributed by atoms with Crippen molar-refractivity contribution in [2.24, 2.45) is 0 Å². The smallest absolute Gasteiger partial charge is 0.321 e. The number of imide groups is 1. The number of carbonyl (C=O) groups excluding carboxylic acids is 3. The van der Waals surface area contributed by atoms with E-state index in [1.165, 1.54) is 7.05 Å². The lowest BCUT2D eigenvalue weighted by Gasteiger charge is -2.20.